The minimum atomic E-state index is 0.119. The summed E-state index contributed by atoms with van der Waals surface area (Å²) < 4.78 is 3.63. The van der Waals surface area contributed by atoms with E-state index < -0.39 is 0 Å². The highest BCUT2D eigenvalue weighted by Gasteiger charge is 2.25. The van der Waals surface area contributed by atoms with E-state index in [0.717, 1.165) is 25.1 Å². The van der Waals surface area contributed by atoms with Crippen LogP contribution in [0.4, 0.5) is 5.69 Å². The number of nitrogens with zero attached hydrogens (tertiary/aromatic N) is 2. The molecule has 100 valence electrons. The Balaban J connectivity index is 1.59. The Morgan fingerprint density at radius 1 is 1.32 bits per heavy atom. The van der Waals surface area contributed by atoms with Gasteiger partial charge < -0.3 is 5.32 Å². The first-order valence-corrected chi connectivity index (χ1v) is 6.82. The molecular weight excluding hydrogens is 238 g/mol. The summed E-state index contributed by atoms with van der Waals surface area (Å²) in [6.07, 6.45) is 6.09. The molecule has 2 aromatic rings. The van der Waals surface area contributed by atoms with Crippen LogP contribution in [0.25, 0.3) is 0 Å². The predicted octanol–water partition coefficient (Wildman–Crippen LogP) is 2.41. The Morgan fingerprint density at radius 2 is 2.16 bits per heavy atom. The number of aromatic nitrogens is 2. The van der Waals surface area contributed by atoms with Crippen molar-refractivity contribution in [2.24, 2.45) is 0 Å². The molecule has 1 aliphatic carbocycles. The van der Waals surface area contributed by atoms with Crippen LogP contribution in [0.5, 0.6) is 0 Å². The first-order valence-electron chi connectivity index (χ1n) is 6.82. The van der Waals surface area contributed by atoms with Crippen LogP contribution in [0.3, 0.4) is 0 Å². The van der Waals surface area contributed by atoms with Crippen LogP contribution < -0.4 is 11.0 Å². The highest BCUT2D eigenvalue weighted by molar-refractivity contribution is 5.45. The minimum Gasteiger partial charge on any atom is -0.383 e. The second-order valence-electron chi connectivity index (χ2n) is 5.21. The average molecular weight is 257 g/mol. The van der Waals surface area contributed by atoms with Gasteiger partial charge in [-0.1, -0.05) is 12.1 Å². The van der Waals surface area contributed by atoms with E-state index in [1.165, 1.54) is 5.56 Å². The van der Waals surface area contributed by atoms with Crippen molar-refractivity contribution in [3.8, 4) is 0 Å². The molecule has 1 fully saturated rings. The molecule has 0 spiro atoms. The first-order chi connectivity index (χ1) is 9.24. The topological polar surface area (TPSA) is 39.0 Å². The van der Waals surface area contributed by atoms with E-state index >= 15 is 0 Å². The maximum absolute atomic E-state index is 12.0. The van der Waals surface area contributed by atoms with Gasteiger partial charge in [0.1, 0.15) is 0 Å². The number of aryl methyl sites for hydroxylation is 1. The lowest BCUT2D eigenvalue weighted by Gasteiger charge is -2.07. The van der Waals surface area contributed by atoms with E-state index in [2.05, 4.69) is 24.4 Å². The van der Waals surface area contributed by atoms with Gasteiger partial charge in [0.25, 0.3) is 0 Å². The molecule has 0 unspecified atom stereocenters. The Hall–Kier alpha value is -1.97. The Labute approximate surface area is 112 Å². The highest BCUT2D eigenvalue weighted by Crippen LogP contribution is 2.33. The minimum absolute atomic E-state index is 0.119. The van der Waals surface area contributed by atoms with Crippen molar-refractivity contribution in [1.82, 2.24) is 9.13 Å². The van der Waals surface area contributed by atoms with Crippen molar-refractivity contribution in [1.29, 1.82) is 0 Å². The van der Waals surface area contributed by atoms with Crippen molar-refractivity contribution in [2.45, 2.75) is 32.4 Å². The van der Waals surface area contributed by atoms with Crippen LogP contribution in [0.1, 0.15) is 24.4 Å². The molecule has 0 atom stereocenters. The van der Waals surface area contributed by atoms with Gasteiger partial charge >= 0.3 is 5.69 Å². The van der Waals surface area contributed by atoms with Crippen LogP contribution in [0.2, 0.25) is 0 Å². The lowest BCUT2D eigenvalue weighted by atomic mass is 10.2. The fourth-order valence-electron chi connectivity index (χ4n) is 2.30. The van der Waals surface area contributed by atoms with Crippen LogP contribution in [0, 0.1) is 6.92 Å². The number of rotatable bonds is 5. The summed E-state index contributed by atoms with van der Waals surface area (Å²) in [7, 11) is 0. The first kappa shape index (κ1) is 12.1. The van der Waals surface area contributed by atoms with Crippen molar-refractivity contribution >= 4 is 5.69 Å². The lowest BCUT2D eigenvalue weighted by molar-refractivity contribution is 0.633. The molecule has 19 heavy (non-hydrogen) atoms. The molecule has 4 nitrogen and oxygen atoms in total. The zero-order chi connectivity index (χ0) is 13.2. The molecular formula is C15H19N3O. The van der Waals surface area contributed by atoms with Crippen molar-refractivity contribution < 1.29 is 0 Å². The third-order valence-corrected chi connectivity index (χ3v) is 3.51. The molecule has 4 heteroatoms. The van der Waals surface area contributed by atoms with Crippen LogP contribution in [-0.4, -0.2) is 15.7 Å². The predicted molar refractivity (Wildman–Crippen MR) is 76.6 cm³/mol. The number of benzene rings is 1. The summed E-state index contributed by atoms with van der Waals surface area (Å²) in [4.78, 5) is 12.0. The molecule has 0 radical (unpaired) electrons. The van der Waals surface area contributed by atoms with Gasteiger partial charge in [-0.2, -0.15) is 0 Å². The smallest absolute Gasteiger partial charge is 0.328 e. The quantitative estimate of drug-likeness (QED) is 0.893. The largest absolute Gasteiger partial charge is 0.383 e. The van der Waals surface area contributed by atoms with E-state index in [1.54, 1.807) is 4.57 Å². The molecule has 0 bridgehead atoms. The fraction of sp³-hybridized carbons (Fsp3) is 0.400. The van der Waals surface area contributed by atoms with Crippen molar-refractivity contribution in [3.63, 3.8) is 0 Å². The maximum Gasteiger partial charge on any atom is 0.328 e. The lowest BCUT2D eigenvalue weighted by Crippen LogP contribution is -2.25. The third-order valence-electron chi connectivity index (χ3n) is 3.51. The molecule has 0 aliphatic heterocycles. The number of hydrogen-bond acceptors (Lipinski definition) is 2. The van der Waals surface area contributed by atoms with Gasteiger partial charge in [0.15, 0.2) is 0 Å². The second-order valence-corrected chi connectivity index (χ2v) is 5.21. The Kier molecular flexibility index (Phi) is 3.15. The third kappa shape index (κ3) is 2.72. The Bertz CT molecular complexity index is 622. The maximum atomic E-state index is 12.0. The van der Waals surface area contributed by atoms with E-state index in [9.17, 15) is 4.79 Å². The summed E-state index contributed by atoms with van der Waals surface area (Å²) in [6.45, 7) is 3.54. The Morgan fingerprint density at radius 3 is 2.89 bits per heavy atom. The summed E-state index contributed by atoms with van der Waals surface area (Å²) in [6, 6.07) is 8.72. The average Bonchev–Trinajstić information content (AvgIpc) is 3.16. The molecule has 1 saturated carbocycles. The molecule has 3 rings (SSSR count). The van der Waals surface area contributed by atoms with Gasteiger partial charge in [-0.05, 0) is 37.5 Å². The van der Waals surface area contributed by atoms with Gasteiger partial charge in [0.05, 0.1) is 0 Å². The number of anilines is 1. The van der Waals surface area contributed by atoms with Gasteiger partial charge in [-0.15, -0.1) is 0 Å². The van der Waals surface area contributed by atoms with Gasteiger partial charge in [0, 0.05) is 37.2 Å². The van der Waals surface area contributed by atoms with Gasteiger partial charge in [-0.25, -0.2) is 4.79 Å². The summed E-state index contributed by atoms with van der Waals surface area (Å²) in [5.41, 5.74) is 2.46. The summed E-state index contributed by atoms with van der Waals surface area (Å²) in [5.74, 6) is 0. The zero-order valence-corrected chi connectivity index (χ0v) is 11.2. The second kappa shape index (κ2) is 4.96. The summed E-state index contributed by atoms with van der Waals surface area (Å²) >= 11 is 0. The molecule has 1 aromatic heterocycles. The van der Waals surface area contributed by atoms with E-state index in [4.69, 9.17) is 0 Å². The molecule has 1 aromatic carbocycles. The molecule has 0 amide bonds. The van der Waals surface area contributed by atoms with E-state index in [1.807, 2.05) is 29.1 Å². The monoisotopic (exact) mass is 257 g/mol. The standard InChI is InChI=1S/C15H19N3O/c1-12-3-2-4-13(11-12)16-7-8-17-9-10-18(15(17)19)14-5-6-14/h2-4,9-11,14,16H,5-8H2,1H3. The van der Waals surface area contributed by atoms with Crippen LogP contribution >= 0.6 is 0 Å². The van der Waals surface area contributed by atoms with Crippen LogP contribution in [-0.2, 0) is 6.54 Å². The highest BCUT2D eigenvalue weighted by atomic mass is 16.1. The molecule has 1 aliphatic rings. The van der Waals surface area contributed by atoms with Crippen molar-refractivity contribution in [2.75, 3.05) is 11.9 Å². The number of hydrogen-bond donors (Lipinski definition) is 1. The molecule has 1 N–H and O–H groups in total. The number of imidazole rings is 1. The van der Waals surface area contributed by atoms with E-state index in [-0.39, 0.29) is 5.69 Å². The fourth-order valence-corrected chi connectivity index (χ4v) is 2.30. The SMILES string of the molecule is Cc1cccc(NCCn2ccn(C3CC3)c2=O)c1. The molecule has 0 saturated heterocycles. The van der Waals surface area contributed by atoms with Gasteiger partial charge in [-0.3, -0.25) is 9.13 Å². The molecule has 1 heterocycles. The van der Waals surface area contributed by atoms with E-state index in [0.29, 0.717) is 12.6 Å². The van der Waals surface area contributed by atoms with Crippen LogP contribution in [0.15, 0.2) is 41.5 Å². The normalized spacial score (nSPS) is 14.6. The van der Waals surface area contributed by atoms with Gasteiger partial charge in [0.2, 0.25) is 0 Å². The number of nitrogens with one attached hydrogen (secondary N) is 1. The zero-order valence-electron chi connectivity index (χ0n) is 11.2. The summed E-state index contributed by atoms with van der Waals surface area (Å²) in [5, 5.41) is 3.35. The van der Waals surface area contributed by atoms with Crippen molar-refractivity contribution in [3.05, 3.63) is 52.7 Å².